The summed E-state index contributed by atoms with van der Waals surface area (Å²) in [5.74, 6) is -1.94. The molecule has 176 valence electrons. The highest BCUT2D eigenvalue weighted by molar-refractivity contribution is 6.30. The minimum absolute atomic E-state index is 0.175. The van der Waals surface area contributed by atoms with Gasteiger partial charge in [-0.1, -0.05) is 37.1 Å². The summed E-state index contributed by atoms with van der Waals surface area (Å²) in [6, 6.07) is 8.14. The zero-order valence-electron chi connectivity index (χ0n) is 19.0. The topological polar surface area (TPSA) is 113 Å². The van der Waals surface area contributed by atoms with E-state index < -0.39 is 23.5 Å². The van der Waals surface area contributed by atoms with Crippen LogP contribution in [0.15, 0.2) is 50.2 Å². The number of fused-ring (bicyclic) bond motifs is 2. The average Bonchev–Trinajstić information content (AvgIpc) is 3.22. The van der Waals surface area contributed by atoms with E-state index in [4.69, 9.17) is 20.4 Å². The summed E-state index contributed by atoms with van der Waals surface area (Å²) in [5.41, 5.74) is 3.55. The van der Waals surface area contributed by atoms with Crippen LogP contribution in [0.1, 0.15) is 36.5 Å². The van der Waals surface area contributed by atoms with Gasteiger partial charge in [0.15, 0.2) is 0 Å². The van der Waals surface area contributed by atoms with Crippen LogP contribution in [0.25, 0.3) is 33.1 Å². The van der Waals surface area contributed by atoms with Gasteiger partial charge in [0.05, 0.1) is 30.3 Å². The van der Waals surface area contributed by atoms with Crippen molar-refractivity contribution in [2.24, 2.45) is 0 Å². The maximum atomic E-state index is 12.8. The maximum Gasteiger partial charge on any atom is 0.340 e. The van der Waals surface area contributed by atoms with Crippen LogP contribution in [0.2, 0.25) is 5.02 Å². The third kappa shape index (κ3) is 4.31. The fourth-order valence-electron chi connectivity index (χ4n) is 4.20. The van der Waals surface area contributed by atoms with E-state index >= 15 is 0 Å². The van der Waals surface area contributed by atoms with E-state index in [0.29, 0.717) is 39.1 Å². The molecule has 0 radical (unpaired) electrons. The molecule has 0 bridgehead atoms. The molecule has 0 saturated carbocycles. The summed E-state index contributed by atoms with van der Waals surface area (Å²) >= 11 is 6.02. The second-order valence-electron chi connectivity index (χ2n) is 8.31. The van der Waals surface area contributed by atoms with Crippen molar-refractivity contribution in [3.8, 4) is 11.1 Å². The number of aryl methyl sites for hydroxylation is 2. The highest BCUT2D eigenvalue weighted by atomic mass is 35.5. The Morgan fingerprint density at radius 1 is 1.09 bits per heavy atom. The van der Waals surface area contributed by atoms with Crippen molar-refractivity contribution in [3.63, 3.8) is 0 Å². The number of furan rings is 1. The molecule has 0 aliphatic carbocycles. The summed E-state index contributed by atoms with van der Waals surface area (Å²) in [6.07, 6.45) is 2.15. The smallest absolute Gasteiger partial charge is 0.340 e. The van der Waals surface area contributed by atoms with E-state index in [9.17, 15) is 19.5 Å². The number of rotatable bonds is 7. The van der Waals surface area contributed by atoms with Gasteiger partial charge >= 0.3 is 5.63 Å². The van der Waals surface area contributed by atoms with Crippen LogP contribution in [0.3, 0.4) is 0 Å². The normalized spacial score (nSPS) is 12.2. The van der Waals surface area contributed by atoms with E-state index in [2.05, 4.69) is 5.32 Å². The molecule has 0 unspecified atom stereocenters. The van der Waals surface area contributed by atoms with Crippen LogP contribution >= 0.6 is 11.6 Å². The van der Waals surface area contributed by atoms with Crippen molar-refractivity contribution < 1.29 is 23.5 Å². The summed E-state index contributed by atoms with van der Waals surface area (Å²) in [6.45, 7) is 5.36. The number of nitrogens with one attached hydrogen (secondary N) is 1. The van der Waals surface area contributed by atoms with Crippen LogP contribution in [-0.2, 0) is 16.0 Å². The number of carbonyl (C=O) groups is 2. The molecule has 0 fully saturated rings. The van der Waals surface area contributed by atoms with E-state index in [1.54, 1.807) is 32.2 Å². The summed E-state index contributed by atoms with van der Waals surface area (Å²) in [4.78, 5) is 36.6. The monoisotopic (exact) mass is 480 g/mol. The molecule has 2 aromatic carbocycles. The third-order valence-electron chi connectivity index (χ3n) is 6.03. The molecule has 1 amide bonds. The van der Waals surface area contributed by atoms with Crippen LogP contribution in [0.4, 0.5) is 0 Å². The second-order valence-corrected chi connectivity index (χ2v) is 8.75. The summed E-state index contributed by atoms with van der Waals surface area (Å²) in [5, 5.41) is 15.8. The number of carboxylic acid groups (broad SMARTS) is 1. The van der Waals surface area contributed by atoms with Crippen molar-refractivity contribution in [1.82, 2.24) is 5.32 Å². The fourth-order valence-corrected chi connectivity index (χ4v) is 4.32. The standard InChI is InChI=1S/C26H24ClNO6/c1-4-5-21(25(30)31)28-22(29)11-18-13(2)17-10-19-20(15-6-8-16(27)9-7-15)12-33-23(19)14(3)24(17)34-26(18)32/h6-10,12,21H,4-5,11H2,1-3H3,(H,28,29)(H,30,31)/p-1/t21-/m1/s1. The van der Waals surface area contributed by atoms with Crippen LogP contribution in [-0.4, -0.2) is 17.9 Å². The van der Waals surface area contributed by atoms with Gasteiger partial charge in [0.2, 0.25) is 5.91 Å². The molecule has 0 saturated heterocycles. The molecule has 2 heterocycles. The van der Waals surface area contributed by atoms with Crippen molar-refractivity contribution in [3.05, 3.63) is 68.7 Å². The molecule has 34 heavy (non-hydrogen) atoms. The second kappa shape index (κ2) is 9.35. The van der Waals surface area contributed by atoms with Gasteiger partial charge in [-0.2, -0.15) is 0 Å². The molecule has 7 nitrogen and oxygen atoms in total. The number of carbonyl (C=O) groups excluding carboxylic acids is 2. The van der Waals surface area contributed by atoms with E-state index in [-0.39, 0.29) is 18.4 Å². The van der Waals surface area contributed by atoms with Crippen molar-refractivity contribution >= 4 is 45.4 Å². The molecular weight excluding hydrogens is 458 g/mol. The Hall–Kier alpha value is -3.58. The lowest BCUT2D eigenvalue weighted by atomic mass is 9.97. The Labute approximate surface area is 200 Å². The van der Waals surface area contributed by atoms with Crippen LogP contribution in [0.5, 0.6) is 0 Å². The zero-order valence-corrected chi connectivity index (χ0v) is 19.7. The number of halogens is 1. The van der Waals surface area contributed by atoms with Gasteiger partial charge in [-0.3, -0.25) is 4.79 Å². The van der Waals surface area contributed by atoms with Crippen LogP contribution < -0.4 is 16.0 Å². The molecule has 0 spiro atoms. The molecule has 1 atom stereocenters. The Balaban J connectivity index is 1.79. The van der Waals surface area contributed by atoms with Crippen LogP contribution in [0, 0.1) is 13.8 Å². The van der Waals surface area contributed by atoms with Crippen molar-refractivity contribution in [2.75, 3.05) is 0 Å². The number of hydrogen-bond acceptors (Lipinski definition) is 6. The zero-order chi connectivity index (χ0) is 24.6. The predicted molar refractivity (Wildman–Crippen MR) is 128 cm³/mol. The Morgan fingerprint density at radius 3 is 2.44 bits per heavy atom. The van der Waals surface area contributed by atoms with Gasteiger partial charge in [0.1, 0.15) is 11.2 Å². The number of benzene rings is 2. The maximum absolute atomic E-state index is 12.8. The predicted octanol–water partition coefficient (Wildman–Crippen LogP) is 4.05. The Bertz CT molecular complexity index is 1470. The van der Waals surface area contributed by atoms with Gasteiger partial charge in [0, 0.05) is 26.9 Å². The number of carboxylic acids is 1. The van der Waals surface area contributed by atoms with Crippen molar-refractivity contribution in [2.45, 2.75) is 46.1 Å². The minimum Gasteiger partial charge on any atom is -0.548 e. The first-order valence-corrected chi connectivity index (χ1v) is 11.3. The lowest BCUT2D eigenvalue weighted by Gasteiger charge is -2.19. The quantitative estimate of drug-likeness (QED) is 0.399. The lowest BCUT2D eigenvalue weighted by molar-refractivity contribution is -0.308. The fraction of sp³-hybridized carbons (Fsp3) is 0.269. The van der Waals surface area contributed by atoms with Gasteiger partial charge in [-0.05, 0) is 49.6 Å². The SMILES string of the molecule is CCC[C@@H](NC(=O)Cc1c(C)c2cc3c(-c4ccc(Cl)cc4)coc3c(C)c2oc1=O)C(=O)[O-]. The minimum atomic E-state index is -1.36. The van der Waals surface area contributed by atoms with E-state index in [0.717, 1.165) is 16.5 Å². The summed E-state index contributed by atoms with van der Waals surface area (Å²) < 4.78 is 11.4. The van der Waals surface area contributed by atoms with Gasteiger partial charge < -0.3 is 24.1 Å². The number of hydrogen-bond donors (Lipinski definition) is 1. The molecule has 1 N–H and O–H groups in total. The largest absolute Gasteiger partial charge is 0.548 e. The van der Waals surface area contributed by atoms with Gasteiger partial charge in [0.25, 0.3) is 0 Å². The molecule has 4 aromatic rings. The Kier molecular flexibility index (Phi) is 6.48. The first-order chi connectivity index (χ1) is 16.2. The molecular formula is C26H23ClNO6-. The highest BCUT2D eigenvalue weighted by Crippen LogP contribution is 2.37. The molecule has 0 aliphatic heterocycles. The average molecular weight is 481 g/mol. The first kappa shape index (κ1) is 23.6. The summed E-state index contributed by atoms with van der Waals surface area (Å²) in [7, 11) is 0. The lowest BCUT2D eigenvalue weighted by Crippen LogP contribution is -2.48. The molecule has 8 heteroatoms. The number of amides is 1. The number of aliphatic carboxylic acids is 1. The molecule has 2 aromatic heterocycles. The van der Waals surface area contributed by atoms with E-state index in [1.807, 2.05) is 25.1 Å². The van der Waals surface area contributed by atoms with Gasteiger partial charge in [-0.25, -0.2) is 4.79 Å². The van der Waals surface area contributed by atoms with E-state index in [1.165, 1.54) is 0 Å². The highest BCUT2D eigenvalue weighted by Gasteiger charge is 2.21. The third-order valence-corrected chi connectivity index (χ3v) is 6.28. The Morgan fingerprint density at radius 2 is 1.79 bits per heavy atom. The molecule has 0 aliphatic rings. The van der Waals surface area contributed by atoms with Crippen molar-refractivity contribution in [1.29, 1.82) is 0 Å². The first-order valence-electron chi connectivity index (χ1n) is 10.9. The molecule has 4 rings (SSSR count). The van der Waals surface area contributed by atoms with Gasteiger partial charge in [-0.15, -0.1) is 0 Å².